The number of hydrogen-bond donors (Lipinski definition) is 1. The molecule has 0 aromatic carbocycles. The van der Waals surface area contributed by atoms with Crippen molar-refractivity contribution in [3.05, 3.63) is 0 Å². The lowest BCUT2D eigenvalue weighted by Gasteiger charge is -2.40. The Morgan fingerprint density at radius 2 is 2.12 bits per heavy atom. The minimum Gasteiger partial charge on any atom is -0.315 e. The molecule has 17 heavy (non-hydrogen) atoms. The zero-order valence-corrected chi connectivity index (χ0v) is 12.2. The van der Waals surface area contributed by atoms with Gasteiger partial charge in [-0.15, -0.1) is 0 Å². The van der Waals surface area contributed by atoms with Crippen molar-refractivity contribution < 1.29 is 0 Å². The normalized spacial score (nSPS) is 24.2. The molecular weight excluding hydrogens is 210 g/mol. The zero-order chi connectivity index (χ0) is 12.7. The Hall–Kier alpha value is -0.120. The summed E-state index contributed by atoms with van der Waals surface area (Å²) in [5.74, 6) is 0. The lowest BCUT2D eigenvalue weighted by molar-refractivity contribution is 0.0910. The molecule has 0 aromatic rings. The quantitative estimate of drug-likeness (QED) is 0.733. The maximum Gasteiger partial charge on any atom is 0.0221 e. The van der Waals surface area contributed by atoms with E-state index in [1.807, 2.05) is 0 Å². The van der Waals surface area contributed by atoms with Crippen LogP contribution in [0, 0.1) is 0 Å². The van der Waals surface area contributed by atoms with E-state index >= 15 is 0 Å². The van der Waals surface area contributed by atoms with E-state index in [0.717, 1.165) is 25.2 Å². The van der Waals surface area contributed by atoms with Gasteiger partial charge in [0.25, 0.3) is 0 Å². The molecule has 1 fully saturated rings. The van der Waals surface area contributed by atoms with Crippen molar-refractivity contribution in [2.45, 2.75) is 51.6 Å². The van der Waals surface area contributed by atoms with Gasteiger partial charge in [-0.25, -0.2) is 0 Å². The van der Waals surface area contributed by atoms with Crippen LogP contribution in [0.15, 0.2) is 0 Å². The monoisotopic (exact) mass is 241 g/mol. The van der Waals surface area contributed by atoms with E-state index in [9.17, 15) is 0 Å². The van der Waals surface area contributed by atoms with Crippen LogP contribution in [0.25, 0.3) is 0 Å². The van der Waals surface area contributed by atoms with Gasteiger partial charge in [-0.1, -0.05) is 20.3 Å². The average molecular weight is 241 g/mol. The largest absolute Gasteiger partial charge is 0.315 e. The van der Waals surface area contributed by atoms with E-state index in [1.165, 1.54) is 38.8 Å². The van der Waals surface area contributed by atoms with Crippen LogP contribution in [0.4, 0.5) is 0 Å². The Balaban J connectivity index is 2.47. The molecule has 2 unspecified atom stereocenters. The number of hydrogen-bond acceptors (Lipinski definition) is 3. The highest BCUT2D eigenvalue weighted by atomic mass is 15.2. The Morgan fingerprint density at radius 3 is 2.71 bits per heavy atom. The van der Waals surface area contributed by atoms with Crippen LogP contribution in [0.5, 0.6) is 0 Å². The van der Waals surface area contributed by atoms with Crippen LogP contribution in [-0.4, -0.2) is 62.2 Å². The summed E-state index contributed by atoms with van der Waals surface area (Å²) in [6.07, 6.45) is 5.34. The Bertz CT molecular complexity index is 194. The predicted octanol–water partition coefficient (Wildman–Crippen LogP) is 1.79. The molecule has 0 spiro atoms. The van der Waals surface area contributed by atoms with E-state index in [1.54, 1.807) is 0 Å². The first kappa shape index (κ1) is 14.9. The molecule has 3 nitrogen and oxygen atoms in total. The van der Waals surface area contributed by atoms with E-state index in [2.05, 4.69) is 43.1 Å². The van der Waals surface area contributed by atoms with Crippen LogP contribution < -0.4 is 5.32 Å². The summed E-state index contributed by atoms with van der Waals surface area (Å²) in [6.45, 7) is 9.28. The van der Waals surface area contributed by atoms with Crippen LogP contribution in [-0.2, 0) is 0 Å². The van der Waals surface area contributed by atoms with Gasteiger partial charge < -0.3 is 10.2 Å². The molecule has 0 aromatic heterocycles. The standard InChI is InChI=1S/C14H31N3/c1-5-8-13(11-15-6-2)17-10-7-9-14(12-17)16(3)4/h13-15H,5-12H2,1-4H3. The topological polar surface area (TPSA) is 18.5 Å². The highest BCUT2D eigenvalue weighted by Crippen LogP contribution is 2.18. The molecule has 1 rings (SSSR count). The SMILES string of the molecule is CCCC(CNCC)N1CCCC(N(C)C)C1. The van der Waals surface area contributed by atoms with Crippen molar-refractivity contribution in [1.82, 2.24) is 15.1 Å². The number of rotatable bonds is 7. The molecule has 1 saturated heterocycles. The highest BCUT2D eigenvalue weighted by molar-refractivity contribution is 4.83. The summed E-state index contributed by atoms with van der Waals surface area (Å²) in [5, 5.41) is 3.52. The van der Waals surface area contributed by atoms with Crippen molar-refractivity contribution in [3.63, 3.8) is 0 Å². The summed E-state index contributed by atoms with van der Waals surface area (Å²) < 4.78 is 0. The van der Waals surface area contributed by atoms with Crippen molar-refractivity contribution in [3.8, 4) is 0 Å². The molecule has 2 atom stereocenters. The minimum atomic E-state index is 0.739. The van der Waals surface area contributed by atoms with Crippen molar-refractivity contribution in [1.29, 1.82) is 0 Å². The molecule has 3 heteroatoms. The fourth-order valence-electron chi connectivity index (χ4n) is 2.79. The van der Waals surface area contributed by atoms with Gasteiger partial charge in [0.05, 0.1) is 0 Å². The number of piperidine rings is 1. The summed E-state index contributed by atoms with van der Waals surface area (Å²) in [6, 6.07) is 1.49. The van der Waals surface area contributed by atoms with Gasteiger partial charge in [0, 0.05) is 25.2 Å². The summed E-state index contributed by atoms with van der Waals surface area (Å²) in [5.41, 5.74) is 0. The van der Waals surface area contributed by atoms with Crippen LogP contribution >= 0.6 is 0 Å². The van der Waals surface area contributed by atoms with E-state index < -0.39 is 0 Å². The van der Waals surface area contributed by atoms with Crippen LogP contribution in [0.2, 0.25) is 0 Å². The number of nitrogens with one attached hydrogen (secondary N) is 1. The fraction of sp³-hybridized carbons (Fsp3) is 1.00. The summed E-state index contributed by atoms with van der Waals surface area (Å²) in [7, 11) is 4.43. The zero-order valence-electron chi connectivity index (χ0n) is 12.2. The first-order valence-corrected chi connectivity index (χ1v) is 7.30. The van der Waals surface area contributed by atoms with Gasteiger partial charge in [0.2, 0.25) is 0 Å². The van der Waals surface area contributed by atoms with Gasteiger partial charge in [0.15, 0.2) is 0 Å². The molecule has 1 N–H and O–H groups in total. The second-order valence-corrected chi connectivity index (χ2v) is 5.50. The highest BCUT2D eigenvalue weighted by Gasteiger charge is 2.25. The molecule has 1 aliphatic heterocycles. The second kappa shape index (κ2) is 8.06. The van der Waals surface area contributed by atoms with Gasteiger partial charge in [-0.2, -0.15) is 0 Å². The van der Waals surface area contributed by atoms with E-state index in [4.69, 9.17) is 0 Å². The van der Waals surface area contributed by atoms with E-state index in [-0.39, 0.29) is 0 Å². The van der Waals surface area contributed by atoms with E-state index in [0.29, 0.717) is 0 Å². The van der Waals surface area contributed by atoms with Gasteiger partial charge in [-0.05, 0) is 46.4 Å². The van der Waals surface area contributed by atoms with Gasteiger partial charge in [-0.3, -0.25) is 4.90 Å². The summed E-state index contributed by atoms with van der Waals surface area (Å²) in [4.78, 5) is 5.10. The first-order valence-electron chi connectivity index (χ1n) is 7.30. The Labute approximate surface area is 108 Å². The predicted molar refractivity (Wildman–Crippen MR) is 75.5 cm³/mol. The lowest BCUT2D eigenvalue weighted by atomic mass is 10.0. The number of likely N-dealkylation sites (N-methyl/N-ethyl adjacent to an activating group) is 2. The Kier molecular flexibility index (Phi) is 7.09. The lowest BCUT2D eigenvalue weighted by Crippen LogP contribution is -2.51. The molecular formula is C14H31N3. The molecule has 0 bridgehead atoms. The minimum absolute atomic E-state index is 0.739. The van der Waals surface area contributed by atoms with Gasteiger partial charge >= 0.3 is 0 Å². The third-order valence-electron chi connectivity index (χ3n) is 3.93. The fourth-order valence-corrected chi connectivity index (χ4v) is 2.79. The maximum absolute atomic E-state index is 3.52. The number of likely N-dealkylation sites (tertiary alicyclic amines) is 1. The molecule has 1 aliphatic rings. The van der Waals surface area contributed by atoms with Crippen LogP contribution in [0.3, 0.4) is 0 Å². The number of nitrogens with zero attached hydrogens (tertiary/aromatic N) is 2. The maximum atomic E-state index is 3.52. The third kappa shape index (κ3) is 4.94. The second-order valence-electron chi connectivity index (χ2n) is 5.50. The van der Waals surface area contributed by atoms with Gasteiger partial charge in [0.1, 0.15) is 0 Å². The van der Waals surface area contributed by atoms with Crippen molar-refractivity contribution in [2.24, 2.45) is 0 Å². The Morgan fingerprint density at radius 1 is 1.35 bits per heavy atom. The first-order chi connectivity index (χ1) is 8.19. The molecule has 102 valence electrons. The van der Waals surface area contributed by atoms with Crippen molar-refractivity contribution in [2.75, 3.05) is 40.3 Å². The summed E-state index contributed by atoms with van der Waals surface area (Å²) >= 11 is 0. The molecule has 0 aliphatic carbocycles. The molecule has 0 amide bonds. The van der Waals surface area contributed by atoms with Crippen molar-refractivity contribution >= 4 is 0 Å². The molecule has 0 radical (unpaired) electrons. The average Bonchev–Trinajstić information content (AvgIpc) is 2.34. The van der Waals surface area contributed by atoms with Crippen LogP contribution in [0.1, 0.15) is 39.5 Å². The smallest absolute Gasteiger partial charge is 0.0221 e. The third-order valence-corrected chi connectivity index (χ3v) is 3.93. The molecule has 1 heterocycles. The molecule has 0 saturated carbocycles.